The highest BCUT2D eigenvalue weighted by molar-refractivity contribution is 7.98. The van der Waals surface area contributed by atoms with Crippen LogP contribution in [0.25, 0.3) is 0 Å². The van der Waals surface area contributed by atoms with Crippen LogP contribution in [0, 0.1) is 15.9 Å². The van der Waals surface area contributed by atoms with Crippen LogP contribution >= 0.6 is 19.7 Å². The van der Waals surface area contributed by atoms with Crippen molar-refractivity contribution in [1.82, 2.24) is 0 Å². The fraction of sp³-hybridized carbons (Fsp3) is 0.0714. The predicted octanol–water partition coefficient (Wildman–Crippen LogP) is 2.91. The fourth-order valence-electron chi connectivity index (χ4n) is 1.83. The Labute approximate surface area is 140 Å². The molecule has 0 aliphatic rings. The summed E-state index contributed by atoms with van der Waals surface area (Å²) in [4.78, 5) is 49.7. The lowest BCUT2D eigenvalue weighted by molar-refractivity contribution is -0.384. The summed E-state index contributed by atoms with van der Waals surface area (Å²) >= 11 is 1.09. The molecule has 0 atom stereocenters. The van der Waals surface area contributed by atoms with E-state index in [1.54, 1.807) is 0 Å². The van der Waals surface area contributed by atoms with Gasteiger partial charge in [-0.1, -0.05) is 12.1 Å². The van der Waals surface area contributed by atoms with Gasteiger partial charge in [-0.15, -0.1) is 11.8 Å². The quantitative estimate of drug-likeness (QED) is 0.308. The van der Waals surface area contributed by atoms with E-state index in [0.29, 0.717) is 5.75 Å². The van der Waals surface area contributed by atoms with Gasteiger partial charge in [0, 0.05) is 22.8 Å². The van der Waals surface area contributed by atoms with Crippen LogP contribution in [0.4, 0.5) is 10.1 Å². The third kappa shape index (κ3) is 4.56. The zero-order valence-corrected chi connectivity index (χ0v) is 13.7. The van der Waals surface area contributed by atoms with E-state index in [1.807, 2.05) is 0 Å². The summed E-state index contributed by atoms with van der Waals surface area (Å²) in [6.07, 6.45) is 0. The average molecular weight is 372 g/mol. The van der Waals surface area contributed by atoms with Crippen molar-refractivity contribution in [2.24, 2.45) is 0 Å². The van der Waals surface area contributed by atoms with Gasteiger partial charge in [0.05, 0.1) is 10.5 Å². The zero-order chi connectivity index (χ0) is 17.9. The highest BCUT2D eigenvalue weighted by Gasteiger charge is 2.45. The number of nitro groups is 1. The Morgan fingerprint density at radius 2 is 1.79 bits per heavy atom. The number of halogens is 1. The van der Waals surface area contributed by atoms with E-state index < -0.39 is 29.9 Å². The summed E-state index contributed by atoms with van der Waals surface area (Å²) in [5, 5.41) is 10.8. The van der Waals surface area contributed by atoms with E-state index >= 15 is 0 Å². The van der Waals surface area contributed by atoms with E-state index in [-0.39, 0.29) is 10.5 Å². The van der Waals surface area contributed by atoms with Crippen LogP contribution in [0.1, 0.15) is 15.9 Å². The van der Waals surface area contributed by atoms with Crippen molar-refractivity contribution in [3.05, 3.63) is 69.5 Å². The molecule has 0 fully saturated rings. The third-order valence-electron chi connectivity index (χ3n) is 2.98. The fourth-order valence-corrected chi connectivity index (χ4v) is 3.40. The number of hydrogen-bond acceptors (Lipinski definition) is 7. The minimum atomic E-state index is -4.83. The molecular weight excluding hydrogens is 360 g/mol. The lowest BCUT2D eigenvalue weighted by Gasteiger charge is -2.08. The van der Waals surface area contributed by atoms with Gasteiger partial charge in [0.25, 0.3) is 5.69 Å². The molecule has 7 nitrogen and oxygen atoms in total. The Balaban J connectivity index is 2.32. The van der Waals surface area contributed by atoms with Crippen LogP contribution in [0.3, 0.4) is 0 Å². The van der Waals surface area contributed by atoms with Crippen LogP contribution in [0.2, 0.25) is 0 Å². The standard InChI is InChI=1S/C14H12FNO6PS/c15-10-3-1-9(2-4-10)8-24-13-6-5-11(16(18)19)7-12(13)14(17)23(20,21)22/h1-7,20-22H,8H2/q+1. The minimum absolute atomic E-state index is 0.233. The maximum Gasteiger partial charge on any atom is 0.483 e. The van der Waals surface area contributed by atoms with Gasteiger partial charge in [0.1, 0.15) is 5.82 Å². The summed E-state index contributed by atoms with van der Waals surface area (Å²) < 4.78 is 12.9. The Morgan fingerprint density at radius 1 is 1.17 bits per heavy atom. The van der Waals surface area contributed by atoms with E-state index in [2.05, 4.69) is 0 Å². The molecule has 0 spiro atoms. The third-order valence-corrected chi connectivity index (χ3v) is 4.91. The number of hydrogen-bond donors (Lipinski definition) is 3. The van der Waals surface area contributed by atoms with Gasteiger partial charge >= 0.3 is 13.5 Å². The second-order valence-corrected chi connectivity index (χ2v) is 7.29. The molecular formula is C14H12FNO6PS+. The molecule has 0 aliphatic heterocycles. The monoisotopic (exact) mass is 372 g/mol. The molecule has 3 N–H and O–H groups in total. The zero-order valence-electron chi connectivity index (χ0n) is 12.0. The molecule has 10 heteroatoms. The first kappa shape index (κ1) is 18.4. The summed E-state index contributed by atoms with van der Waals surface area (Å²) in [6.45, 7) is 0. The number of thioether (sulfide) groups is 1. The van der Waals surface area contributed by atoms with Crippen molar-refractivity contribution in [1.29, 1.82) is 0 Å². The molecule has 24 heavy (non-hydrogen) atoms. The minimum Gasteiger partial charge on any atom is -0.258 e. The molecule has 0 aromatic heterocycles. The predicted molar refractivity (Wildman–Crippen MR) is 87.0 cm³/mol. The van der Waals surface area contributed by atoms with Crippen molar-refractivity contribution < 1.29 is 28.8 Å². The first-order valence-electron chi connectivity index (χ1n) is 6.46. The van der Waals surface area contributed by atoms with Crippen molar-refractivity contribution in [3.8, 4) is 0 Å². The second kappa shape index (κ2) is 7.33. The van der Waals surface area contributed by atoms with Gasteiger partial charge in [-0.3, -0.25) is 10.1 Å². The molecule has 0 saturated carbocycles. The Kier molecular flexibility index (Phi) is 5.63. The summed E-state index contributed by atoms with van der Waals surface area (Å²) in [6, 6.07) is 8.94. The Bertz CT molecular complexity index is 778. The summed E-state index contributed by atoms with van der Waals surface area (Å²) in [7, 11) is -4.83. The van der Waals surface area contributed by atoms with E-state index in [4.69, 9.17) is 14.7 Å². The summed E-state index contributed by atoms with van der Waals surface area (Å²) in [5.74, 6) is -0.0862. The van der Waals surface area contributed by atoms with Gasteiger partial charge in [-0.2, -0.15) is 14.7 Å². The molecule has 0 unspecified atom stereocenters. The van der Waals surface area contributed by atoms with Gasteiger partial charge in [-0.25, -0.2) is 9.18 Å². The van der Waals surface area contributed by atoms with Crippen molar-refractivity contribution in [3.63, 3.8) is 0 Å². The second-order valence-electron chi connectivity index (χ2n) is 4.73. The van der Waals surface area contributed by atoms with Crippen molar-refractivity contribution in [2.45, 2.75) is 10.6 Å². The first-order valence-corrected chi connectivity index (χ1v) is 9.09. The molecule has 0 saturated heterocycles. The lowest BCUT2D eigenvalue weighted by Crippen LogP contribution is -2.07. The highest BCUT2D eigenvalue weighted by atomic mass is 32.2. The van der Waals surface area contributed by atoms with Gasteiger partial charge in [0.15, 0.2) is 0 Å². The van der Waals surface area contributed by atoms with E-state index in [0.717, 1.165) is 29.5 Å². The highest BCUT2D eigenvalue weighted by Crippen LogP contribution is 2.50. The van der Waals surface area contributed by atoms with Crippen LogP contribution in [0.5, 0.6) is 0 Å². The molecule has 0 radical (unpaired) electrons. The molecule has 2 aromatic rings. The molecule has 0 bridgehead atoms. The average Bonchev–Trinajstić information content (AvgIpc) is 2.52. The molecule has 0 aliphatic carbocycles. The molecule has 0 amide bonds. The molecule has 2 rings (SSSR count). The SMILES string of the molecule is O=C(c1cc([N+](=O)[O-])ccc1SCc1ccc(F)cc1)[P+](O)(O)O. The number of carbonyl (C=O) groups excluding carboxylic acids is 1. The number of nitro benzene ring substituents is 1. The number of benzene rings is 2. The molecule has 126 valence electrons. The van der Waals surface area contributed by atoms with Crippen molar-refractivity contribution in [2.75, 3.05) is 0 Å². The normalized spacial score (nSPS) is 11.3. The maximum atomic E-state index is 12.9. The smallest absolute Gasteiger partial charge is 0.258 e. The van der Waals surface area contributed by atoms with Crippen molar-refractivity contribution >= 4 is 30.9 Å². The lowest BCUT2D eigenvalue weighted by atomic mass is 10.2. The largest absolute Gasteiger partial charge is 0.483 e. The van der Waals surface area contributed by atoms with Crippen LogP contribution < -0.4 is 0 Å². The number of rotatable bonds is 6. The van der Waals surface area contributed by atoms with Crippen LogP contribution in [0.15, 0.2) is 47.4 Å². The Hall–Kier alpha value is -1.90. The maximum absolute atomic E-state index is 12.9. The summed E-state index contributed by atoms with van der Waals surface area (Å²) in [5.41, 5.74) is -1.40. The van der Waals surface area contributed by atoms with Gasteiger partial charge < -0.3 is 0 Å². The molecule has 2 aromatic carbocycles. The van der Waals surface area contributed by atoms with E-state index in [1.165, 1.54) is 30.3 Å². The number of nitrogens with zero attached hydrogens (tertiary/aromatic N) is 1. The van der Waals surface area contributed by atoms with Crippen LogP contribution in [-0.4, -0.2) is 25.1 Å². The van der Waals surface area contributed by atoms with Crippen LogP contribution in [-0.2, 0) is 5.75 Å². The number of non-ortho nitro benzene ring substituents is 1. The Morgan fingerprint density at radius 3 is 2.33 bits per heavy atom. The van der Waals surface area contributed by atoms with E-state index in [9.17, 15) is 19.3 Å². The van der Waals surface area contributed by atoms with Gasteiger partial charge in [0.2, 0.25) is 0 Å². The first-order chi connectivity index (χ1) is 11.2. The van der Waals surface area contributed by atoms with Gasteiger partial charge in [-0.05, 0) is 23.8 Å². The number of carbonyl (C=O) groups is 1. The topological polar surface area (TPSA) is 121 Å². The molecule has 0 heterocycles.